The largest absolute Gasteiger partial charge is 0.326 e. The first kappa shape index (κ1) is 21.4. The van der Waals surface area contributed by atoms with E-state index in [-0.39, 0.29) is 27.4 Å². The molecule has 0 saturated carbocycles. The third kappa shape index (κ3) is 5.37. The van der Waals surface area contributed by atoms with Crippen molar-refractivity contribution in [1.29, 1.82) is 0 Å². The number of carbonyl (C=O) groups excluding carboxylic acids is 2. The van der Waals surface area contributed by atoms with Crippen LogP contribution in [-0.2, 0) is 14.8 Å². The fourth-order valence-corrected chi connectivity index (χ4v) is 3.88. The Labute approximate surface area is 179 Å². The molecule has 0 spiro atoms. The van der Waals surface area contributed by atoms with E-state index in [1.54, 1.807) is 30.3 Å². The highest BCUT2D eigenvalue weighted by atomic mass is 35.5. The van der Waals surface area contributed by atoms with E-state index in [9.17, 15) is 18.0 Å². The molecule has 0 fully saturated rings. The molecule has 3 rings (SSSR count). The molecular weight excluding hydrogens is 426 g/mol. The monoisotopic (exact) mass is 443 g/mol. The molecule has 0 unspecified atom stereocenters. The number of hydrogen-bond donors (Lipinski definition) is 3. The maximum Gasteiger partial charge on any atom is 0.261 e. The number of halogens is 1. The van der Waals surface area contributed by atoms with E-state index in [1.807, 2.05) is 0 Å². The quantitative estimate of drug-likeness (QED) is 0.526. The van der Waals surface area contributed by atoms with Crippen molar-refractivity contribution in [3.05, 3.63) is 83.4 Å². The van der Waals surface area contributed by atoms with Gasteiger partial charge in [-0.1, -0.05) is 29.8 Å². The summed E-state index contributed by atoms with van der Waals surface area (Å²) in [5, 5.41) is 5.44. The van der Waals surface area contributed by atoms with E-state index >= 15 is 0 Å². The summed E-state index contributed by atoms with van der Waals surface area (Å²) in [6.45, 7) is 1.36. The van der Waals surface area contributed by atoms with Crippen LogP contribution in [0, 0.1) is 0 Å². The van der Waals surface area contributed by atoms with Gasteiger partial charge < -0.3 is 10.6 Å². The van der Waals surface area contributed by atoms with Gasteiger partial charge in [0.25, 0.3) is 15.9 Å². The Morgan fingerprint density at radius 1 is 0.833 bits per heavy atom. The summed E-state index contributed by atoms with van der Waals surface area (Å²) in [6.07, 6.45) is 0. The highest BCUT2D eigenvalue weighted by molar-refractivity contribution is 7.92. The molecule has 0 aliphatic carbocycles. The number of sulfonamides is 1. The molecule has 0 saturated heterocycles. The summed E-state index contributed by atoms with van der Waals surface area (Å²) in [5.74, 6) is -0.581. The molecule has 154 valence electrons. The smallest absolute Gasteiger partial charge is 0.261 e. The van der Waals surface area contributed by atoms with Crippen LogP contribution >= 0.6 is 11.6 Å². The van der Waals surface area contributed by atoms with Gasteiger partial charge in [0.15, 0.2) is 0 Å². The lowest BCUT2D eigenvalue weighted by Crippen LogP contribution is -2.14. The van der Waals surface area contributed by atoms with Crippen molar-refractivity contribution in [3.8, 4) is 0 Å². The van der Waals surface area contributed by atoms with Crippen LogP contribution in [0.2, 0.25) is 5.02 Å². The molecule has 0 heterocycles. The number of rotatable bonds is 6. The molecule has 3 aromatic rings. The van der Waals surface area contributed by atoms with Gasteiger partial charge >= 0.3 is 0 Å². The van der Waals surface area contributed by atoms with Crippen molar-refractivity contribution < 1.29 is 18.0 Å². The molecule has 0 bridgehead atoms. The van der Waals surface area contributed by atoms with Gasteiger partial charge in [-0.25, -0.2) is 8.42 Å². The second-order valence-electron chi connectivity index (χ2n) is 6.33. The fourth-order valence-electron chi connectivity index (χ4n) is 2.60. The Morgan fingerprint density at radius 2 is 1.47 bits per heavy atom. The topological polar surface area (TPSA) is 104 Å². The summed E-state index contributed by atoms with van der Waals surface area (Å²) < 4.78 is 27.6. The maximum atomic E-state index is 12.6. The molecule has 0 aliphatic rings. The molecule has 9 heteroatoms. The van der Waals surface area contributed by atoms with Gasteiger partial charge in [-0.3, -0.25) is 14.3 Å². The Bertz CT molecular complexity index is 1180. The SMILES string of the molecule is CC(=O)Nc1ccc(S(=O)(=O)Nc2ccc(NC(=O)c3ccccc3)c(Cl)c2)cc1. The van der Waals surface area contributed by atoms with E-state index in [0.29, 0.717) is 16.9 Å². The molecule has 0 atom stereocenters. The first-order valence-corrected chi connectivity index (χ1v) is 10.7. The summed E-state index contributed by atoms with van der Waals surface area (Å²) in [7, 11) is -3.86. The minimum Gasteiger partial charge on any atom is -0.326 e. The molecule has 3 aromatic carbocycles. The van der Waals surface area contributed by atoms with Crippen molar-refractivity contribution in [2.75, 3.05) is 15.4 Å². The van der Waals surface area contributed by atoms with E-state index in [0.717, 1.165) is 0 Å². The lowest BCUT2D eigenvalue weighted by molar-refractivity contribution is -0.114. The second kappa shape index (κ2) is 8.98. The Hall–Kier alpha value is -3.36. The third-order valence-corrected chi connectivity index (χ3v) is 5.70. The van der Waals surface area contributed by atoms with Gasteiger partial charge in [0, 0.05) is 18.2 Å². The Balaban J connectivity index is 1.73. The van der Waals surface area contributed by atoms with Crippen LogP contribution in [0.1, 0.15) is 17.3 Å². The summed E-state index contributed by atoms with van der Waals surface area (Å²) in [4.78, 5) is 23.3. The van der Waals surface area contributed by atoms with Gasteiger partial charge in [-0.2, -0.15) is 0 Å². The molecule has 2 amide bonds. The number of benzene rings is 3. The van der Waals surface area contributed by atoms with Crippen molar-refractivity contribution in [1.82, 2.24) is 0 Å². The molecule has 7 nitrogen and oxygen atoms in total. The van der Waals surface area contributed by atoms with Crippen molar-refractivity contribution in [2.45, 2.75) is 11.8 Å². The molecule has 0 aromatic heterocycles. The minimum absolute atomic E-state index is 0.0224. The van der Waals surface area contributed by atoms with Crippen LogP contribution in [-0.4, -0.2) is 20.2 Å². The van der Waals surface area contributed by atoms with Crippen LogP contribution in [0.3, 0.4) is 0 Å². The van der Waals surface area contributed by atoms with Gasteiger partial charge in [0.2, 0.25) is 5.91 Å². The predicted molar refractivity (Wildman–Crippen MR) is 117 cm³/mol. The summed E-state index contributed by atoms with van der Waals surface area (Å²) in [5.41, 5.74) is 1.56. The van der Waals surface area contributed by atoms with Crippen LogP contribution in [0.5, 0.6) is 0 Å². The first-order chi connectivity index (χ1) is 14.2. The van der Waals surface area contributed by atoms with Crippen molar-refractivity contribution in [3.63, 3.8) is 0 Å². The van der Waals surface area contributed by atoms with Crippen LogP contribution < -0.4 is 15.4 Å². The molecule has 0 radical (unpaired) electrons. The number of amides is 2. The van der Waals surface area contributed by atoms with Crippen LogP contribution in [0.4, 0.5) is 17.1 Å². The summed E-state index contributed by atoms with van der Waals surface area (Å²) in [6, 6.07) is 18.8. The molecule has 0 aliphatic heterocycles. The van der Waals surface area contributed by atoms with E-state index < -0.39 is 10.0 Å². The number of hydrogen-bond acceptors (Lipinski definition) is 4. The van der Waals surface area contributed by atoms with Gasteiger partial charge in [-0.05, 0) is 54.6 Å². The van der Waals surface area contributed by atoms with Gasteiger partial charge in [0.1, 0.15) is 0 Å². The zero-order valence-corrected chi connectivity index (χ0v) is 17.4. The predicted octanol–water partition coefficient (Wildman–Crippen LogP) is 4.35. The van der Waals surface area contributed by atoms with Crippen LogP contribution in [0.15, 0.2) is 77.7 Å². The van der Waals surface area contributed by atoms with Crippen molar-refractivity contribution in [2.24, 2.45) is 0 Å². The number of nitrogens with one attached hydrogen (secondary N) is 3. The highest BCUT2D eigenvalue weighted by Crippen LogP contribution is 2.27. The minimum atomic E-state index is -3.86. The molecule has 30 heavy (non-hydrogen) atoms. The zero-order chi connectivity index (χ0) is 21.7. The van der Waals surface area contributed by atoms with Gasteiger partial charge in [-0.15, -0.1) is 0 Å². The normalized spacial score (nSPS) is 10.9. The summed E-state index contributed by atoms with van der Waals surface area (Å²) >= 11 is 6.22. The highest BCUT2D eigenvalue weighted by Gasteiger charge is 2.16. The molecule has 3 N–H and O–H groups in total. The lowest BCUT2D eigenvalue weighted by Gasteiger charge is -2.12. The first-order valence-electron chi connectivity index (χ1n) is 8.81. The zero-order valence-electron chi connectivity index (χ0n) is 15.8. The van der Waals surface area contributed by atoms with E-state index in [1.165, 1.54) is 49.4 Å². The third-order valence-electron chi connectivity index (χ3n) is 3.99. The second-order valence-corrected chi connectivity index (χ2v) is 8.42. The van der Waals surface area contributed by atoms with Crippen molar-refractivity contribution >= 4 is 50.5 Å². The standard InChI is InChI=1S/C21H18ClN3O4S/c1-14(26)23-16-7-10-18(11-8-16)30(28,29)25-17-9-12-20(19(22)13-17)24-21(27)15-5-3-2-4-6-15/h2-13,25H,1H3,(H,23,26)(H,24,27). The van der Waals surface area contributed by atoms with E-state index in [4.69, 9.17) is 11.6 Å². The van der Waals surface area contributed by atoms with Gasteiger partial charge in [0.05, 0.1) is 21.3 Å². The average Bonchev–Trinajstić information content (AvgIpc) is 2.70. The fraction of sp³-hybridized carbons (Fsp3) is 0.0476. The van der Waals surface area contributed by atoms with Crippen LogP contribution in [0.25, 0.3) is 0 Å². The number of carbonyl (C=O) groups is 2. The maximum absolute atomic E-state index is 12.6. The van der Waals surface area contributed by atoms with E-state index in [2.05, 4.69) is 15.4 Å². The Kier molecular flexibility index (Phi) is 6.39. The molecular formula is C21H18ClN3O4S. The number of anilines is 3. The Morgan fingerprint density at radius 3 is 2.07 bits per heavy atom. The lowest BCUT2D eigenvalue weighted by atomic mass is 10.2. The average molecular weight is 444 g/mol.